The molecule has 0 aliphatic carbocycles. The molecule has 4 aromatic rings. The van der Waals surface area contributed by atoms with Crippen LogP contribution in [0.15, 0.2) is 65.8 Å². The van der Waals surface area contributed by atoms with Crippen LogP contribution in [0.2, 0.25) is 0 Å². The van der Waals surface area contributed by atoms with Crippen molar-refractivity contribution in [1.82, 2.24) is 19.8 Å². The molecule has 2 unspecified atom stereocenters. The van der Waals surface area contributed by atoms with Crippen molar-refractivity contribution >= 4 is 34.5 Å². The Morgan fingerprint density at radius 1 is 0.849 bits per heavy atom. The Hall–Kier alpha value is -4.90. The summed E-state index contributed by atoms with van der Waals surface area (Å²) in [4.78, 5) is 43.4. The Kier molecular flexibility index (Phi) is 8.36. The molecule has 8 rings (SSSR count). The number of amidine groups is 1. The van der Waals surface area contributed by atoms with Crippen LogP contribution in [0.3, 0.4) is 0 Å². The number of likely N-dealkylation sites (tertiary alicyclic amines) is 2. The first kappa shape index (κ1) is 35.1. The Bertz CT molecular complexity index is 2120. The van der Waals surface area contributed by atoms with E-state index in [1.165, 1.54) is 0 Å². The van der Waals surface area contributed by atoms with Crippen molar-refractivity contribution in [3.8, 4) is 22.4 Å². The molecule has 0 radical (unpaired) electrons. The number of anilines is 1. The lowest BCUT2D eigenvalue weighted by Gasteiger charge is -2.44. The maximum Gasteiger partial charge on any atom is 0.411 e. The number of aromatic amines is 1. The van der Waals surface area contributed by atoms with Crippen LogP contribution in [0, 0.1) is 0 Å². The van der Waals surface area contributed by atoms with Gasteiger partial charge in [-0.3, -0.25) is 14.8 Å². The molecule has 53 heavy (non-hydrogen) atoms. The smallest absolute Gasteiger partial charge is 0.411 e. The molecule has 4 aliphatic rings. The van der Waals surface area contributed by atoms with Gasteiger partial charge in [-0.25, -0.2) is 14.6 Å². The summed E-state index contributed by atoms with van der Waals surface area (Å²) in [6.45, 7) is 15.7. The van der Waals surface area contributed by atoms with Gasteiger partial charge in [-0.15, -0.1) is 0 Å². The molecule has 278 valence electrons. The topological polar surface area (TPSA) is 121 Å². The number of amides is 2. The molecule has 11 nitrogen and oxygen atoms in total. The number of hydrogen-bond acceptors (Lipinski definition) is 8. The van der Waals surface area contributed by atoms with Crippen molar-refractivity contribution in [3.05, 3.63) is 72.2 Å². The van der Waals surface area contributed by atoms with Gasteiger partial charge >= 0.3 is 12.2 Å². The van der Waals surface area contributed by atoms with Gasteiger partial charge < -0.3 is 24.5 Å². The summed E-state index contributed by atoms with van der Waals surface area (Å²) in [5.41, 5.74) is 4.09. The molecule has 5 heterocycles. The van der Waals surface area contributed by atoms with Crippen LogP contribution >= 0.6 is 0 Å². The maximum absolute atomic E-state index is 13.2. The normalized spacial score (nSPS) is 22.3. The number of nitrogens with one attached hydrogen (secondary N) is 2. The van der Waals surface area contributed by atoms with E-state index >= 15 is 0 Å². The number of imidazole rings is 1. The zero-order valence-electron chi connectivity index (χ0n) is 31.8. The number of ether oxygens (including phenoxy) is 3. The van der Waals surface area contributed by atoms with E-state index in [2.05, 4.69) is 71.8 Å². The average molecular weight is 719 g/mol. The van der Waals surface area contributed by atoms with Gasteiger partial charge in [0, 0.05) is 29.9 Å². The van der Waals surface area contributed by atoms with Crippen molar-refractivity contribution in [3.63, 3.8) is 0 Å². The summed E-state index contributed by atoms with van der Waals surface area (Å²) in [6.07, 6.45) is 4.67. The third-order valence-electron chi connectivity index (χ3n) is 10.8. The second-order valence-corrected chi connectivity index (χ2v) is 17.2. The highest BCUT2D eigenvalue weighted by Gasteiger charge is 2.48. The van der Waals surface area contributed by atoms with E-state index in [0.717, 1.165) is 81.8 Å². The molecule has 11 heteroatoms. The second kappa shape index (κ2) is 12.6. The molecular weight excluding hydrogens is 668 g/mol. The highest BCUT2D eigenvalue weighted by molar-refractivity contribution is 6.04. The quantitative estimate of drug-likeness (QED) is 0.217. The number of rotatable bonds is 4. The Labute approximate surface area is 311 Å². The first-order valence-corrected chi connectivity index (χ1v) is 18.8. The number of carbonyl (C=O) groups is 2. The zero-order valence-corrected chi connectivity index (χ0v) is 31.8. The average Bonchev–Trinajstić information content (AvgIpc) is 3.85. The number of hydrogen-bond donors (Lipinski definition) is 2. The minimum atomic E-state index is -0.568. The van der Waals surface area contributed by atoms with Gasteiger partial charge in [0.1, 0.15) is 33.9 Å². The van der Waals surface area contributed by atoms with Gasteiger partial charge in [-0.1, -0.05) is 36.4 Å². The highest BCUT2D eigenvalue weighted by atomic mass is 16.6. The predicted octanol–water partition coefficient (Wildman–Crippen LogP) is 8.59. The SMILES string of the molecule is CC(C)(C)OC(=O)N1CCCC1C1=NC2(COC2)c2ccc(-c3ccc4cc(-c5cnc(C6(C)CCCN6C(=O)OC(C)(C)C)[nH]5)ccc4c3)cc2N1. The largest absolute Gasteiger partial charge is 0.444 e. The molecule has 3 fully saturated rings. The summed E-state index contributed by atoms with van der Waals surface area (Å²) >= 11 is 0. The zero-order chi connectivity index (χ0) is 37.3. The Balaban J connectivity index is 1.03. The number of benzene rings is 3. The fourth-order valence-corrected chi connectivity index (χ4v) is 8.11. The lowest BCUT2D eigenvalue weighted by atomic mass is 9.84. The standard InChI is InChI=1S/C42H50N6O5/c1-39(2,3)52-37(49)47-18-8-10-34(47)35-44-32-22-29(15-16-31(32)42(46-35)24-51-25-42)27-11-12-28-21-30(14-13-26(28)20-27)33-23-43-36(45-33)41(7)17-9-19-48(41)38(50)53-40(4,5)6/h11-16,20-23,34H,8-10,17-19,24-25H2,1-7H3,(H,43,45)(H,44,46). The molecule has 0 bridgehead atoms. The molecule has 2 atom stereocenters. The molecule has 1 aromatic heterocycles. The van der Waals surface area contributed by atoms with Crippen LogP contribution in [-0.2, 0) is 25.3 Å². The van der Waals surface area contributed by atoms with E-state index in [9.17, 15) is 9.59 Å². The van der Waals surface area contributed by atoms with Gasteiger partial charge in [-0.2, -0.15) is 0 Å². The minimum absolute atomic E-state index is 0.176. The van der Waals surface area contributed by atoms with Crippen molar-refractivity contribution in [2.24, 2.45) is 4.99 Å². The van der Waals surface area contributed by atoms with E-state index in [1.54, 1.807) is 4.90 Å². The van der Waals surface area contributed by atoms with Crippen LogP contribution < -0.4 is 5.32 Å². The lowest BCUT2D eigenvalue weighted by Crippen LogP contribution is -2.53. The van der Waals surface area contributed by atoms with Crippen LogP contribution in [0.25, 0.3) is 33.2 Å². The molecule has 2 N–H and O–H groups in total. The van der Waals surface area contributed by atoms with Gasteiger partial charge in [0.15, 0.2) is 0 Å². The van der Waals surface area contributed by atoms with Crippen molar-refractivity contribution in [2.75, 3.05) is 31.6 Å². The van der Waals surface area contributed by atoms with Gasteiger partial charge in [0.05, 0.1) is 31.1 Å². The number of aromatic nitrogens is 2. The van der Waals surface area contributed by atoms with Crippen molar-refractivity contribution in [2.45, 2.75) is 102 Å². The van der Waals surface area contributed by atoms with Crippen molar-refractivity contribution in [1.29, 1.82) is 0 Å². The van der Waals surface area contributed by atoms with E-state index < -0.39 is 22.3 Å². The highest BCUT2D eigenvalue weighted by Crippen LogP contribution is 2.44. The molecule has 2 amide bonds. The van der Waals surface area contributed by atoms with Gasteiger partial charge in [0.2, 0.25) is 0 Å². The van der Waals surface area contributed by atoms with E-state index in [1.807, 2.05) is 52.6 Å². The minimum Gasteiger partial charge on any atom is -0.444 e. The predicted molar refractivity (Wildman–Crippen MR) is 206 cm³/mol. The third-order valence-corrected chi connectivity index (χ3v) is 10.8. The van der Waals surface area contributed by atoms with E-state index in [0.29, 0.717) is 26.3 Å². The first-order valence-electron chi connectivity index (χ1n) is 18.8. The molecule has 1 spiro atoms. The molecular formula is C42H50N6O5. The summed E-state index contributed by atoms with van der Waals surface area (Å²) in [7, 11) is 0. The maximum atomic E-state index is 13.2. The first-order chi connectivity index (χ1) is 25.1. The number of H-pyrrole nitrogens is 1. The van der Waals surface area contributed by atoms with Gasteiger partial charge in [0.25, 0.3) is 0 Å². The molecule has 3 saturated heterocycles. The van der Waals surface area contributed by atoms with E-state index in [4.69, 9.17) is 24.2 Å². The van der Waals surface area contributed by atoms with Crippen LogP contribution in [-0.4, -0.2) is 81.3 Å². The van der Waals surface area contributed by atoms with Crippen LogP contribution in [0.5, 0.6) is 0 Å². The fraction of sp³-hybridized carbons (Fsp3) is 0.476. The number of aliphatic imine (C=N–C) groups is 1. The molecule has 4 aliphatic heterocycles. The van der Waals surface area contributed by atoms with Gasteiger partial charge in [-0.05, 0) is 114 Å². The number of fused-ring (bicyclic) bond motifs is 3. The third kappa shape index (κ3) is 6.53. The summed E-state index contributed by atoms with van der Waals surface area (Å²) in [5, 5.41) is 5.87. The Morgan fingerprint density at radius 3 is 2.21 bits per heavy atom. The second-order valence-electron chi connectivity index (χ2n) is 17.2. The Morgan fingerprint density at radius 2 is 1.51 bits per heavy atom. The summed E-state index contributed by atoms with van der Waals surface area (Å²) in [5.74, 6) is 1.56. The summed E-state index contributed by atoms with van der Waals surface area (Å²) < 4.78 is 17.2. The monoisotopic (exact) mass is 718 g/mol. The molecule has 0 saturated carbocycles. The van der Waals surface area contributed by atoms with Crippen LogP contribution in [0.4, 0.5) is 15.3 Å². The number of carbonyl (C=O) groups excluding carboxylic acids is 2. The number of nitrogens with zero attached hydrogens (tertiary/aromatic N) is 4. The van der Waals surface area contributed by atoms with Crippen LogP contribution in [0.1, 0.15) is 85.5 Å². The molecule has 3 aromatic carbocycles. The lowest BCUT2D eigenvalue weighted by molar-refractivity contribution is -0.0558. The van der Waals surface area contributed by atoms with Crippen molar-refractivity contribution < 1.29 is 23.8 Å². The summed E-state index contributed by atoms with van der Waals surface area (Å²) in [6, 6.07) is 19.3. The van der Waals surface area contributed by atoms with E-state index in [-0.39, 0.29) is 18.2 Å². The fourth-order valence-electron chi connectivity index (χ4n) is 8.11.